The molecular weight excluding hydrogens is 296 g/mol. The summed E-state index contributed by atoms with van der Waals surface area (Å²) >= 11 is 5.91. The number of hydrogen-bond donors (Lipinski definition) is 0. The van der Waals surface area contributed by atoms with E-state index in [1.54, 1.807) is 0 Å². The molecule has 1 amide bonds. The fourth-order valence-electron chi connectivity index (χ4n) is 1.65. The number of carbonyl (C=O) groups is 1. The lowest BCUT2D eigenvalue weighted by molar-refractivity contribution is -0.384. The van der Waals surface area contributed by atoms with Gasteiger partial charge < -0.3 is 4.90 Å². The molecule has 21 heavy (non-hydrogen) atoms. The summed E-state index contributed by atoms with van der Waals surface area (Å²) in [5.74, 6) is -0.533. The van der Waals surface area contributed by atoms with Gasteiger partial charge in [0.05, 0.1) is 40.5 Å². The molecule has 0 bridgehead atoms. The fraction of sp³-hybridized carbons (Fsp3) is 0.308. The van der Waals surface area contributed by atoms with Crippen LogP contribution >= 0.6 is 11.6 Å². The number of benzene rings is 1. The first kappa shape index (κ1) is 16.4. The van der Waals surface area contributed by atoms with Crippen molar-refractivity contribution in [1.82, 2.24) is 4.90 Å². The summed E-state index contributed by atoms with van der Waals surface area (Å²) in [6.07, 6.45) is 0.202. The summed E-state index contributed by atoms with van der Waals surface area (Å²) in [5.41, 5.74) is -0.259. The summed E-state index contributed by atoms with van der Waals surface area (Å²) < 4.78 is 0. The van der Waals surface area contributed by atoms with Crippen LogP contribution in [0.4, 0.5) is 5.69 Å². The second-order valence-corrected chi connectivity index (χ2v) is 4.44. The van der Waals surface area contributed by atoms with E-state index in [-0.39, 0.29) is 42.2 Å². The minimum atomic E-state index is -0.623. The first-order chi connectivity index (χ1) is 10.0. The maximum atomic E-state index is 12.4. The van der Waals surface area contributed by atoms with Crippen molar-refractivity contribution < 1.29 is 9.72 Å². The molecule has 0 heterocycles. The lowest BCUT2D eigenvalue weighted by atomic mass is 10.1. The van der Waals surface area contributed by atoms with Crippen molar-refractivity contribution in [3.05, 3.63) is 38.9 Å². The summed E-state index contributed by atoms with van der Waals surface area (Å²) in [7, 11) is 0. The Kier molecular flexibility index (Phi) is 6.12. The number of rotatable bonds is 6. The predicted molar refractivity (Wildman–Crippen MR) is 74.5 cm³/mol. The Balaban J connectivity index is 3.07. The van der Waals surface area contributed by atoms with Gasteiger partial charge in [0.15, 0.2) is 0 Å². The first-order valence-electron chi connectivity index (χ1n) is 5.98. The van der Waals surface area contributed by atoms with Gasteiger partial charge in [0.25, 0.3) is 11.6 Å². The number of non-ortho nitro benzene ring substituents is 1. The molecule has 0 unspecified atom stereocenters. The Morgan fingerprint density at radius 1 is 1.29 bits per heavy atom. The van der Waals surface area contributed by atoms with Gasteiger partial charge in [-0.2, -0.15) is 10.5 Å². The normalized spacial score (nSPS) is 9.48. The molecule has 1 aromatic carbocycles. The maximum absolute atomic E-state index is 12.4. The van der Waals surface area contributed by atoms with Crippen LogP contribution in [-0.2, 0) is 0 Å². The monoisotopic (exact) mass is 306 g/mol. The smallest absolute Gasteiger partial charge is 0.270 e. The molecule has 7 nitrogen and oxygen atoms in total. The van der Waals surface area contributed by atoms with E-state index in [4.69, 9.17) is 22.1 Å². The molecule has 0 aromatic heterocycles. The molecule has 0 saturated heterocycles. The van der Waals surface area contributed by atoms with E-state index in [9.17, 15) is 14.9 Å². The van der Waals surface area contributed by atoms with Crippen molar-refractivity contribution in [2.75, 3.05) is 13.1 Å². The zero-order valence-electron chi connectivity index (χ0n) is 11.0. The standard InChI is InChI=1S/C13H11ClN4O3/c14-12-4-3-10(18(20)21)9-11(12)13(19)17(7-1-5-15)8-2-6-16/h3-4,9H,1-2,7-8H2. The second kappa shape index (κ2) is 7.83. The largest absolute Gasteiger partial charge is 0.337 e. The molecule has 0 aliphatic rings. The highest BCUT2D eigenvalue weighted by Crippen LogP contribution is 2.23. The van der Waals surface area contributed by atoms with Gasteiger partial charge in [0.2, 0.25) is 0 Å². The maximum Gasteiger partial charge on any atom is 0.270 e. The number of hydrogen-bond acceptors (Lipinski definition) is 5. The van der Waals surface area contributed by atoms with Gasteiger partial charge in [0.1, 0.15) is 0 Å². The predicted octanol–water partition coefficient (Wildman–Crippen LogP) is 2.52. The molecular formula is C13H11ClN4O3. The van der Waals surface area contributed by atoms with Crippen molar-refractivity contribution >= 4 is 23.2 Å². The summed E-state index contributed by atoms with van der Waals surface area (Å²) in [6.45, 7) is 0.270. The van der Waals surface area contributed by atoms with Gasteiger partial charge in [-0.1, -0.05) is 11.6 Å². The number of nitrogens with zero attached hydrogens (tertiary/aromatic N) is 4. The van der Waals surface area contributed by atoms with Gasteiger partial charge in [-0.15, -0.1) is 0 Å². The third-order valence-corrected chi connectivity index (χ3v) is 3.00. The summed E-state index contributed by atoms with van der Waals surface area (Å²) in [5, 5.41) is 28.0. The molecule has 0 aliphatic carbocycles. The van der Waals surface area contributed by atoms with E-state index in [0.29, 0.717) is 0 Å². The van der Waals surface area contributed by atoms with Crippen LogP contribution in [0.25, 0.3) is 0 Å². The van der Waals surface area contributed by atoms with Crippen molar-refractivity contribution in [3.63, 3.8) is 0 Å². The number of carbonyl (C=O) groups excluding carboxylic acids is 1. The molecule has 1 aromatic rings. The van der Waals surface area contributed by atoms with E-state index >= 15 is 0 Å². The van der Waals surface area contributed by atoms with Crippen molar-refractivity contribution in [3.8, 4) is 12.1 Å². The van der Waals surface area contributed by atoms with Crippen molar-refractivity contribution in [1.29, 1.82) is 10.5 Å². The van der Waals surface area contributed by atoms with Crippen LogP contribution in [0.3, 0.4) is 0 Å². The third kappa shape index (κ3) is 4.44. The minimum Gasteiger partial charge on any atom is -0.337 e. The second-order valence-electron chi connectivity index (χ2n) is 4.03. The Bertz CT molecular complexity index is 615. The van der Waals surface area contributed by atoms with E-state index in [0.717, 1.165) is 6.07 Å². The number of halogens is 1. The van der Waals surface area contributed by atoms with Crippen LogP contribution in [0.2, 0.25) is 5.02 Å². The van der Waals surface area contributed by atoms with E-state index in [2.05, 4.69) is 0 Å². The highest BCUT2D eigenvalue weighted by Gasteiger charge is 2.21. The van der Waals surface area contributed by atoms with Gasteiger partial charge >= 0.3 is 0 Å². The SMILES string of the molecule is N#CCCN(CCC#N)C(=O)c1cc([N+](=O)[O-])ccc1Cl. The van der Waals surface area contributed by atoms with Crippen LogP contribution in [0.1, 0.15) is 23.2 Å². The lowest BCUT2D eigenvalue weighted by Gasteiger charge is -2.20. The van der Waals surface area contributed by atoms with Crippen LogP contribution in [0.5, 0.6) is 0 Å². The molecule has 0 fully saturated rings. The zero-order chi connectivity index (χ0) is 15.8. The molecule has 108 valence electrons. The highest BCUT2D eigenvalue weighted by molar-refractivity contribution is 6.33. The van der Waals surface area contributed by atoms with Gasteiger partial charge in [0, 0.05) is 25.2 Å². The van der Waals surface area contributed by atoms with E-state index in [1.807, 2.05) is 12.1 Å². The Labute approximate surface area is 126 Å². The van der Waals surface area contributed by atoms with Crippen LogP contribution in [0.15, 0.2) is 18.2 Å². The van der Waals surface area contributed by atoms with Gasteiger partial charge in [-0.25, -0.2) is 0 Å². The molecule has 0 N–H and O–H groups in total. The molecule has 0 aliphatic heterocycles. The number of nitro benzene ring substituents is 1. The Hall–Kier alpha value is -2.64. The van der Waals surface area contributed by atoms with Crippen LogP contribution < -0.4 is 0 Å². The number of nitriles is 2. The number of amides is 1. The first-order valence-corrected chi connectivity index (χ1v) is 6.36. The van der Waals surface area contributed by atoms with Crippen LogP contribution in [-0.4, -0.2) is 28.8 Å². The molecule has 0 saturated carbocycles. The summed E-state index contributed by atoms with van der Waals surface area (Å²) in [6, 6.07) is 7.39. The Morgan fingerprint density at radius 2 is 1.86 bits per heavy atom. The average Bonchev–Trinajstić information content (AvgIpc) is 2.47. The molecule has 0 atom stereocenters. The van der Waals surface area contributed by atoms with Crippen molar-refractivity contribution in [2.24, 2.45) is 0 Å². The van der Waals surface area contributed by atoms with Crippen LogP contribution in [0, 0.1) is 32.8 Å². The molecule has 1 rings (SSSR count). The molecule has 0 spiro atoms. The Morgan fingerprint density at radius 3 is 2.33 bits per heavy atom. The van der Waals surface area contributed by atoms with Crippen molar-refractivity contribution in [2.45, 2.75) is 12.8 Å². The van der Waals surface area contributed by atoms with E-state index < -0.39 is 10.8 Å². The third-order valence-electron chi connectivity index (χ3n) is 2.67. The average molecular weight is 307 g/mol. The van der Waals surface area contributed by atoms with Gasteiger partial charge in [-0.3, -0.25) is 14.9 Å². The van der Waals surface area contributed by atoms with E-state index in [1.165, 1.54) is 17.0 Å². The van der Waals surface area contributed by atoms with Gasteiger partial charge in [-0.05, 0) is 6.07 Å². The highest BCUT2D eigenvalue weighted by atomic mass is 35.5. The summed E-state index contributed by atoms with van der Waals surface area (Å²) in [4.78, 5) is 23.8. The topological polar surface area (TPSA) is 111 Å². The fourth-order valence-corrected chi connectivity index (χ4v) is 1.84. The zero-order valence-corrected chi connectivity index (χ0v) is 11.7. The lowest BCUT2D eigenvalue weighted by Crippen LogP contribution is -2.33. The molecule has 8 heteroatoms. The molecule has 0 radical (unpaired) electrons. The quantitative estimate of drug-likeness (QED) is 0.592. The number of nitro groups is 1. The minimum absolute atomic E-state index is 0.0123.